The molecule has 0 saturated carbocycles. The predicted octanol–water partition coefficient (Wildman–Crippen LogP) is 0.520. The van der Waals surface area contributed by atoms with Crippen LogP contribution in [0.15, 0.2) is 41.3 Å². The third kappa shape index (κ3) is 2.21. The van der Waals surface area contributed by atoms with Crippen LogP contribution < -0.4 is 10.0 Å². The van der Waals surface area contributed by atoms with E-state index in [4.69, 9.17) is 0 Å². The molecule has 6 heteroatoms. The number of carboxylic acid groups (broad SMARTS) is 1. The molecule has 1 aliphatic heterocycles. The average Bonchev–Trinajstić information content (AvgIpc) is 2.54. The molecular weight excluding hydrogens is 242 g/mol. The summed E-state index contributed by atoms with van der Waals surface area (Å²) in [7, 11) is 0. The SMILES string of the molecule is O=C([O-])/C=C1/SC(=O)N(c2ccccc2)C1=O. The Balaban J connectivity index is 2.36. The number of rotatable bonds is 2. The van der Waals surface area contributed by atoms with Crippen LogP contribution in [-0.4, -0.2) is 17.1 Å². The fraction of sp³-hybridized carbons (Fsp3) is 0. The second-order valence-electron chi connectivity index (χ2n) is 3.17. The van der Waals surface area contributed by atoms with E-state index in [9.17, 15) is 19.5 Å². The van der Waals surface area contributed by atoms with Gasteiger partial charge >= 0.3 is 0 Å². The summed E-state index contributed by atoms with van der Waals surface area (Å²) in [6.07, 6.45) is 0.633. The lowest BCUT2D eigenvalue weighted by Gasteiger charge is -2.11. The second-order valence-corrected chi connectivity index (χ2v) is 4.16. The number of anilines is 1. The van der Waals surface area contributed by atoms with Gasteiger partial charge in [-0.2, -0.15) is 0 Å². The van der Waals surface area contributed by atoms with E-state index >= 15 is 0 Å². The number of carbonyl (C=O) groups is 3. The molecule has 1 saturated heterocycles. The van der Waals surface area contributed by atoms with E-state index in [1.807, 2.05) is 0 Å². The van der Waals surface area contributed by atoms with Gasteiger partial charge < -0.3 is 9.90 Å². The highest BCUT2D eigenvalue weighted by atomic mass is 32.2. The number of aliphatic carboxylic acids is 1. The molecule has 1 aromatic carbocycles. The van der Waals surface area contributed by atoms with Gasteiger partial charge in [0.05, 0.1) is 16.6 Å². The minimum Gasteiger partial charge on any atom is -0.545 e. The van der Waals surface area contributed by atoms with Gasteiger partial charge in [0.1, 0.15) is 0 Å². The molecule has 0 N–H and O–H groups in total. The Hall–Kier alpha value is -2.08. The molecule has 17 heavy (non-hydrogen) atoms. The number of amides is 2. The quantitative estimate of drug-likeness (QED) is 0.713. The summed E-state index contributed by atoms with van der Waals surface area (Å²) in [6, 6.07) is 8.30. The normalized spacial score (nSPS) is 17.9. The lowest BCUT2D eigenvalue weighted by Crippen LogP contribution is -2.28. The summed E-state index contributed by atoms with van der Waals surface area (Å²) in [5.41, 5.74) is 0.414. The minimum absolute atomic E-state index is 0.140. The van der Waals surface area contributed by atoms with Crippen LogP contribution in [0.3, 0.4) is 0 Å². The molecule has 1 fully saturated rings. The van der Waals surface area contributed by atoms with Crippen molar-refractivity contribution in [3.05, 3.63) is 41.3 Å². The summed E-state index contributed by atoms with van der Waals surface area (Å²) in [4.78, 5) is 34.5. The lowest BCUT2D eigenvalue weighted by molar-refractivity contribution is -0.297. The van der Waals surface area contributed by atoms with Crippen molar-refractivity contribution in [3.8, 4) is 0 Å². The van der Waals surface area contributed by atoms with Gasteiger partial charge in [0.25, 0.3) is 11.1 Å². The van der Waals surface area contributed by atoms with Crippen LogP contribution in [0, 0.1) is 0 Å². The number of benzene rings is 1. The third-order valence-corrected chi connectivity index (χ3v) is 2.93. The molecule has 86 valence electrons. The maximum Gasteiger partial charge on any atom is 0.298 e. The van der Waals surface area contributed by atoms with Gasteiger partial charge in [-0.05, 0) is 30.0 Å². The first-order valence-electron chi connectivity index (χ1n) is 4.63. The summed E-state index contributed by atoms with van der Waals surface area (Å²) < 4.78 is 0. The number of hydrogen-bond donors (Lipinski definition) is 0. The van der Waals surface area contributed by atoms with Gasteiger partial charge in [-0.25, -0.2) is 4.90 Å². The zero-order chi connectivity index (χ0) is 12.4. The van der Waals surface area contributed by atoms with Gasteiger partial charge in [-0.1, -0.05) is 18.2 Å². The van der Waals surface area contributed by atoms with Crippen LogP contribution in [0.1, 0.15) is 0 Å². The molecule has 0 aromatic heterocycles. The van der Waals surface area contributed by atoms with Crippen molar-refractivity contribution >= 4 is 34.6 Å². The first kappa shape index (κ1) is 11.4. The van der Waals surface area contributed by atoms with E-state index in [0.717, 1.165) is 4.90 Å². The Labute approximate surface area is 101 Å². The van der Waals surface area contributed by atoms with Gasteiger partial charge in [0, 0.05) is 0 Å². The summed E-state index contributed by atoms with van der Waals surface area (Å²) in [5.74, 6) is -2.14. The molecule has 1 heterocycles. The Morgan fingerprint density at radius 2 is 1.88 bits per heavy atom. The largest absolute Gasteiger partial charge is 0.545 e. The number of hydrogen-bond acceptors (Lipinski definition) is 5. The Morgan fingerprint density at radius 3 is 2.47 bits per heavy atom. The molecule has 0 radical (unpaired) electrons. The van der Waals surface area contributed by atoms with Crippen molar-refractivity contribution in [2.45, 2.75) is 0 Å². The first-order chi connectivity index (χ1) is 8.09. The Morgan fingerprint density at radius 1 is 1.24 bits per heavy atom. The Kier molecular flexibility index (Phi) is 2.97. The van der Waals surface area contributed by atoms with Crippen molar-refractivity contribution in [2.75, 3.05) is 4.90 Å². The van der Waals surface area contributed by atoms with Crippen LogP contribution in [0.25, 0.3) is 0 Å². The van der Waals surface area contributed by atoms with Crippen LogP contribution >= 0.6 is 11.8 Å². The van der Waals surface area contributed by atoms with Crippen molar-refractivity contribution in [1.29, 1.82) is 0 Å². The molecule has 0 aliphatic carbocycles. The summed E-state index contributed by atoms with van der Waals surface area (Å²) in [6.45, 7) is 0. The molecule has 5 nitrogen and oxygen atoms in total. The van der Waals surface area contributed by atoms with E-state index < -0.39 is 17.1 Å². The standard InChI is InChI=1S/C11H7NO4S/c13-9(14)6-8-10(15)12(11(16)17-8)7-4-2-1-3-5-7/h1-6H,(H,13,14)/p-1/b8-6+. The van der Waals surface area contributed by atoms with Crippen molar-refractivity contribution in [1.82, 2.24) is 0 Å². The number of carboxylic acids is 1. The molecular formula is C11H6NO4S-. The second kappa shape index (κ2) is 4.42. The average molecular weight is 248 g/mol. The fourth-order valence-corrected chi connectivity index (χ4v) is 2.18. The number of nitrogens with zero attached hydrogens (tertiary/aromatic N) is 1. The van der Waals surface area contributed by atoms with Crippen LogP contribution in [0.2, 0.25) is 0 Å². The van der Waals surface area contributed by atoms with Crippen LogP contribution in [0.5, 0.6) is 0 Å². The van der Waals surface area contributed by atoms with Gasteiger partial charge in [-0.3, -0.25) is 9.59 Å². The maximum atomic E-state index is 11.8. The highest BCUT2D eigenvalue weighted by molar-refractivity contribution is 8.18. The number of thioether (sulfide) groups is 1. The zero-order valence-electron chi connectivity index (χ0n) is 8.45. The molecule has 0 bridgehead atoms. The van der Waals surface area contributed by atoms with Gasteiger partial charge in [0.2, 0.25) is 0 Å². The molecule has 2 amide bonds. The summed E-state index contributed by atoms with van der Waals surface area (Å²) in [5, 5.41) is 9.85. The van der Waals surface area contributed by atoms with E-state index in [2.05, 4.69) is 0 Å². The third-order valence-electron chi connectivity index (χ3n) is 2.06. The molecule has 1 aliphatic rings. The fourth-order valence-electron chi connectivity index (χ4n) is 1.37. The molecule has 1 aromatic rings. The maximum absolute atomic E-state index is 11.8. The monoisotopic (exact) mass is 248 g/mol. The topological polar surface area (TPSA) is 77.5 Å². The smallest absolute Gasteiger partial charge is 0.298 e. The van der Waals surface area contributed by atoms with E-state index in [-0.39, 0.29) is 4.91 Å². The number of carbonyl (C=O) groups excluding carboxylic acids is 3. The molecule has 0 spiro atoms. The van der Waals surface area contributed by atoms with E-state index in [0.29, 0.717) is 23.5 Å². The van der Waals surface area contributed by atoms with Crippen LogP contribution in [-0.2, 0) is 9.59 Å². The predicted molar refractivity (Wildman–Crippen MR) is 60.0 cm³/mol. The van der Waals surface area contributed by atoms with E-state index in [1.54, 1.807) is 30.3 Å². The van der Waals surface area contributed by atoms with Crippen molar-refractivity contribution < 1.29 is 19.5 Å². The highest BCUT2D eigenvalue weighted by Gasteiger charge is 2.35. The van der Waals surface area contributed by atoms with Gasteiger partial charge in [-0.15, -0.1) is 0 Å². The Bertz CT molecular complexity index is 524. The minimum atomic E-state index is -1.50. The van der Waals surface area contributed by atoms with E-state index in [1.165, 1.54) is 0 Å². The van der Waals surface area contributed by atoms with Crippen LogP contribution in [0.4, 0.5) is 10.5 Å². The van der Waals surface area contributed by atoms with Crippen molar-refractivity contribution in [2.24, 2.45) is 0 Å². The highest BCUT2D eigenvalue weighted by Crippen LogP contribution is 2.33. The summed E-state index contributed by atoms with van der Waals surface area (Å²) >= 11 is 0.583. The molecule has 2 rings (SSSR count). The lowest BCUT2D eigenvalue weighted by atomic mass is 10.3. The zero-order valence-corrected chi connectivity index (χ0v) is 9.27. The molecule has 0 unspecified atom stereocenters. The molecule has 0 atom stereocenters. The van der Waals surface area contributed by atoms with Gasteiger partial charge in [0.15, 0.2) is 0 Å². The number of para-hydroxylation sites is 1. The first-order valence-corrected chi connectivity index (χ1v) is 5.45. The number of imide groups is 1. The van der Waals surface area contributed by atoms with Crippen molar-refractivity contribution in [3.63, 3.8) is 0 Å².